The van der Waals surface area contributed by atoms with Gasteiger partial charge in [0.2, 0.25) is 5.91 Å². The molecule has 3 heterocycles. The van der Waals surface area contributed by atoms with Gasteiger partial charge in [-0.05, 0) is 42.9 Å². The maximum Gasteiger partial charge on any atom is 0.224 e. The zero-order chi connectivity index (χ0) is 20.8. The largest absolute Gasteiger partial charge is 0.389 e. The molecule has 0 aliphatic carbocycles. The van der Waals surface area contributed by atoms with E-state index in [-0.39, 0.29) is 11.8 Å². The van der Waals surface area contributed by atoms with Crippen molar-refractivity contribution >= 4 is 5.91 Å². The Morgan fingerprint density at radius 1 is 1.20 bits per heavy atom. The van der Waals surface area contributed by atoms with Gasteiger partial charge >= 0.3 is 0 Å². The van der Waals surface area contributed by atoms with E-state index in [1.165, 1.54) is 5.56 Å². The quantitative estimate of drug-likeness (QED) is 0.765. The van der Waals surface area contributed by atoms with Crippen molar-refractivity contribution in [2.45, 2.75) is 37.3 Å². The Bertz CT molecular complexity index is 811. The summed E-state index contributed by atoms with van der Waals surface area (Å²) < 4.78 is 5.41. The molecule has 160 valence electrons. The number of aromatic nitrogens is 1. The average Bonchev–Trinajstić information content (AvgIpc) is 2.81. The number of rotatable bonds is 6. The lowest BCUT2D eigenvalue weighted by atomic mass is 9.77. The molecule has 1 aromatic heterocycles. The van der Waals surface area contributed by atoms with Crippen LogP contribution in [0.2, 0.25) is 0 Å². The highest BCUT2D eigenvalue weighted by Gasteiger charge is 2.45. The number of aliphatic hydroxyl groups is 1. The lowest BCUT2D eigenvalue weighted by Crippen LogP contribution is -2.63. The number of β-amino-alcohol motifs (C(OH)–C–C–N with tert-alkyl or cyclic N) is 1. The molecule has 6 nitrogen and oxygen atoms in total. The zero-order valence-electron chi connectivity index (χ0n) is 17.4. The maximum absolute atomic E-state index is 13.1. The third kappa shape index (κ3) is 4.72. The molecule has 0 spiro atoms. The van der Waals surface area contributed by atoms with Crippen molar-refractivity contribution in [3.63, 3.8) is 0 Å². The standard InChI is InChI=1S/C24H31N3O3/c28-22-18-27(13-8-19-5-4-12-25-17-19)14-11-24(22,21-6-2-1-3-7-21)26-23(29)20-9-15-30-16-10-20/h1-7,12,17,20,22,28H,8-11,13-16,18H2,(H,26,29)/t22-,24+/m1/s1. The van der Waals surface area contributed by atoms with Crippen LogP contribution in [-0.4, -0.2) is 59.8 Å². The number of hydrogen-bond acceptors (Lipinski definition) is 5. The van der Waals surface area contributed by atoms with E-state index < -0.39 is 11.6 Å². The van der Waals surface area contributed by atoms with Gasteiger partial charge in [-0.25, -0.2) is 0 Å². The van der Waals surface area contributed by atoms with Gasteiger partial charge in [0.05, 0.1) is 11.6 Å². The Balaban J connectivity index is 1.47. The highest BCUT2D eigenvalue weighted by atomic mass is 16.5. The van der Waals surface area contributed by atoms with Crippen molar-refractivity contribution in [1.29, 1.82) is 0 Å². The Morgan fingerprint density at radius 3 is 2.70 bits per heavy atom. The number of carbonyl (C=O) groups is 1. The molecular formula is C24H31N3O3. The summed E-state index contributed by atoms with van der Waals surface area (Å²) in [6.45, 7) is 3.47. The van der Waals surface area contributed by atoms with Crippen LogP contribution in [0.4, 0.5) is 0 Å². The molecule has 2 N–H and O–H groups in total. The molecular weight excluding hydrogens is 378 g/mol. The van der Waals surface area contributed by atoms with Crippen LogP contribution in [0.3, 0.4) is 0 Å². The number of pyridine rings is 1. The molecule has 2 aliphatic heterocycles. The van der Waals surface area contributed by atoms with E-state index in [9.17, 15) is 9.90 Å². The van der Waals surface area contributed by atoms with E-state index in [2.05, 4.69) is 21.3 Å². The second-order valence-electron chi connectivity index (χ2n) is 8.39. The molecule has 2 aliphatic rings. The number of nitrogens with one attached hydrogen (secondary N) is 1. The van der Waals surface area contributed by atoms with Crippen molar-refractivity contribution in [3.05, 3.63) is 66.0 Å². The van der Waals surface area contributed by atoms with Gasteiger partial charge in [0, 0.05) is 51.2 Å². The molecule has 2 fully saturated rings. The summed E-state index contributed by atoms with van der Waals surface area (Å²) in [5, 5.41) is 14.6. The van der Waals surface area contributed by atoms with Crippen LogP contribution in [0.1, 0.15) is 30.4 Å². The third-order valence-corrected chi connectivity index (χ3v) is 6.49. The van der Waals surface area contributed by atoms with Crippen molar-refractivity contribution < 1.29 is 14.6 Å². The van der Waals surface area contributed by atoms with Crippen LogP contribution in [0.25, 0.3) is 0 Å². The molecule has 0 radical (unpaired) electrons. The number of likely N-dealkylation sites (tertiary alicyclic amines) is 1. The normalized spacial score (nSPS) is 25.7. The summed E-state index contributed by atoms with van der Waals surface area (Å²) >= 11 is 0. The van der Waals surface area contributed by atoms with E-state index >= 15 is 0 Å². The number of piperidine rings is 1. The van der Waals surface area contributed by atoms with Crippen molar-refractivity contribution in [3.8, 4) is 0 Å². The summed E-state index contributed by atoms with van der Waals surface area (Å²) in [6, 6.07) is 14.0. The fraction of sp³-hybridized carbons (Fsp3) is 0.500. The van der Waals surface area contributed by atoms with E-state index in [4.69, 9.17) is 4.74 Å². The molecule has 1 amide bonds. The minimum absolute atomic E-state index is 0.0324. The second-order valence-corrected chi connectivity index (χ2v) is 8.39. The summed E-state index contributed by atoms with van der Waals surface area (Å²) in [6.07, 6.45) is 6.06. The van der Waals surface area contributed by atoms with Crippen LogP contribution in [-0.2, 0) is 21.5 Å². The smallest absolute Gasteiger partial charge is 0.224 e. The van der Waals surface area contributed by atoms with E-state index in [0.29, 0.717) is 26.2 Å². The molecule has 2 saturated heterocycles. The first-order valence-corrected chi connectivity index (χ1v) is 10.9. The monoisotopic (exact) mass is 409 g/mol. The van der Waals surface area contributed by atoms with E-state index in [1.54, 1.807) is 6.20 Å². The Hall–Kier alpha value is -2.28. The third-order valence-electron chi connectivity index (χ3n) is 6.49. The molecule has 30 heavy (non-hydrogen) atoms. The minimum atomic E-state index is -0.749. The Morgan fingerprint density at radius 2 is 2.00 bits per heavy atom. The molecule has 0 unspecified atom stereocenters. The first-order valence-electron chi connectivity index (χ1n) is 10.9. The van der Waals surface area contributed by atoms with Crippen molar-refractivity contribution in [2.24, 2.45) is 5.92 Å². The highest BCUT2D eigenvalue weighted by Crippen LogP contribution is 2.34. The highest BCUT2D eigenvalue weighted by molar-refractivity contribution is 5.80. The summed E-state index contributed by atoms with van der Waals surface area (Å²) in [5.74, 6) is -0.0137. The number of ether oxygens (including phenoxy) is 1. The topological polar surface area (TPSA) is 74.7 Å². The van der Waals surface area contributed by atoms with Gasteiger partial charge < -0.3 is 20.1 Å². The molecule has 0 bridgehead atoms. The second kappa shape index (κ2) is 9.69. The van der Waals surface area contributed by atoms with E-state index in [1.807, 2.05) is 42.6 Å². The SMILES string of the molecule is O=C(N[C@]1(c2ccccc2)CCN(CCc2cccnc2)C[C@H]1O)C1CCOCC1. The van der Waals surface area contributed by atoms with Gasteiger partial charge in [-0.1, -0.05) is 36.4 Å². The lowest BCUT2D eigenvalue weighted by Gasteiger charge is -2.47. The predicted molar refractivity (Wildman–Crippen MR) is 115 cm³/mol. The van der Waals surface area contributed by atoms with Gasteiger partial charge in [-0.3, -0.25) is 9.78 Å². The molecule has 2 aromatic rings. The lowest BCUT2D eigenvalue weighted by molar-refractivity contribution is -0.133. The maximum atomic E-state index is 13.1. The first-order chi connectivity index (χ1) is 14.7. The van der Waals surface area contributed by atoms with Crippen LogP contribution < -0.4 is 5.32 Å². The van der Waals surface area contributed by atoms with Crippen LogP contribution in [0, 0.1) is 5.92 Å². The van der Waals surface area contributed by atoms with Gasteiger partial charge in [-0.2, -0.15) is 0 Å². The molecule has 6 heteroatoms. The van der Waals surface area contributed by atoms with Crippen molar-refractivity contribution in [1.82, 2.24) is 15.2 Å². The number of amides is 1. The number of benzene rings is 1. The van der Waals surface area contributed by atoms with Crippen molar-refractivity contribution in [2.75, 3.05) is 32.8 Å². The van der Waals surface area contributed by atoms with Crippen LogP contribution >= 0.6 is 0 Å². The van der Waals surface area contributed by atoms with Gasteiger partial charge in [0.1, 0.15) is 0 Å². The Kier molecular flexibility index (Phi) is 6.77. The fourth-order valence-electron chi connectivity index (χ4n) is 4.60. The summed E-state index contributed by atoms with van der Waals surface area (Å²) in [5.41, 5.74) is 1.42. The van der Waals surface area contributed by atoms with Gasteiger partial charge in [-0.15, -0.1) is 0 Å². The van der Waals surface area contributed by atoms with Crippen LogP contribution in [0.15, 0.2) is 54.9 Å². The van der Waals surface area contributed by atoms with Gasteiger partial charge in [0.25, 0.3) is 0 Å². The minimum Gasteiger partial charge on any atom is -0.389 e. The fourth-order valence-corrected chi connectivity index (χ4v) is 4.60. The molecule has 1 aromatic carbocycles. The zero-order valence-corrected chi connectivity index (χ0v) is 17.4. The number of hydrogen-bond donors (Lipinski definition) is 2. The van der Waals surface area contributed by atoms with Crippen LogP contribution in [0.5, 0.6) is 0 Å². The number of nitrogens with zero attached hydrogens (tertiary/aromatic N) is 2. The van der Waals surface area contributed by atoms with Gasteiger partial charge in [0.15, 0.2) is 0 Å². The summed E-state index contributed by atoms with van der Waals surface area (Å²) in [4.78, 5) is 19.5. The Labute approximate surface area is 178 Å². The molecule has 2 atom stereocenters. The molecule has 4 rings (SSSR count). The number of aliphatic hydroxyl groups excluding tert-OH is 1. The molecule has 0 saturated carbocycles. The average molecular weight is 410 g/mol. The summed E-state index contributed by atoms with van der Waals surface area (Å²) in [7, 11) is 0. The number of carbonyl (C=O) groups excluding carboxylic acids is 1. The first kappa shape index (κ1) is 21.0. The predicted octanol–water partition coefficient (Wildman–Crippen LogP) is 2.13. The van der Waals surface area contributed by atoms with E-state index in [0.717, 1.165) is 37.9 Å².